The van der Waals surface area contributed by atoms with Crippen LogP contribution in [0.3, 0.4) is 0 Å². The van der Waals surface area contributed by atoms with Crippen LogP contribution in [0.4, 0.5) is 10.5 Å². The molecule has 0 bridgehead atoms. The zero-order valence-electron chi connectivity index (χ0n) is 17.5. The van der Waals surface area contributed by atoms with Gasteiger partial charge >= 0.3 is 6.03 Å². The van der Waals surface area contributed by atoms with E-state index in [2.05, 4.69) is 6.07 Å². The molecule has 2 aliphatic rings. The van der Waals surface area contributed by atoms with Crippen LogP contribution in [0.5, 0.6) is 0 Å². The summed E-state index contributed by atoms with van der Waals surface area (Å²) in [5, 5.41) is 2.04. The van der Waals surface area contributed by atoms with Gasteiger partial charge in [-0.05, 0) is 54.1 Å². The van der Waals surface area contributed by atoms with Gasteiger partial charge in [0.2, 0.25) is 0 Å². The number of piperidine rings is 1. The molecule has 3 heterocycles. The van der Waals surface area contributed by atoms with Gasteiger partial charge in [-0.3, -0.25) is 9.59 Å². The lowest BCUT2D eigenvalue weighted by atomic mass is 10.0. The zero-order valence-corrected chi connectivity index (χ0v) is 18.3. The molecule has 0 atom stereocenters. The van der Waals surface area contributed by atoms with Gasteiger partial charge in [0.15, 0.2) is 0 Å². The van der Waals surface area contributed by atoms with Crippen LogP contribution in [0.1, 0.15) is 23.2 Å². The molecule has 162 valence electrons. The fourth-order valence-corrected chi connectivity index (χ4v) is 5.15. The van der Waals surface area contributed by atoms with Crippen molar-refractivity contribution in [3.05, 3.63) is 77.7 Å². The van der Waals surface area contributed by atoms with Crippen LogP contribution in [0, 0.1) is 0 Å². The van der Waals surface area contributed by atoms with Crippen molar-refractivity contribution in [1.82, 2.24) is 9.80 Å². The molecular formula is C25H23N3O3S. The summed E-state index contributed by atoms with van der Waals surface area (Å²) in [7, 11) is 0. The topological polar surface area (TPSA) is 60.9 Å². The maximum Gasteiger partial charge on any atom is 0.332 e. The molecule has 7 heteroatoms. The molecule has 2 saturated heterocycles. The number of rotatable bonds is 4. The summed E-state index contributed by atoms with van der Waals surface area (Å²) in [5.74, 6) is -0.193. The van der Waals surface area contributed by atoms with Crippen molar-refractivity contribution in [2.45, 2.75) is 18.9 Å². The summed E-state index contributed by atoms with van der Waals surface area (Å²) < 4.78 is 0. The van der Waals surface area contributed by atoms with Gasteiger partial charge in [0.1, 0.15) is 6.54 Å². The van der Waals surface area contributed by atoms with E-state index in [4.69, 9.17) is 0 Å². The summed E-state index contributed by atoms with van der Waals surface area (Å²) >= 11 is 1.67. The van der Waals surface area contributed by atoms with Crippen LogP contribution in [0.15, 0.2) is 72.1 Å². The van der Waals surface area contributed by atoms with Gasteiger partial charge in [-0.25, -0.2) is 9.69 Å². The second-order valence-electron chi connectivity index (χ2n) is 8.05. The number of para-hydroxylation sites is 1. The van der Waals surface area contributed by atoms with E-state index in [9.17, 15) is 14.4 Å². The number of likely N-dealkylation sites (tertiary alicyclic amines) is 1. The monoisotopic (exact) mass is 445 g/mol. The van der Waals surface area contributed by atoms with Crippen molar-refractivity contribution in [3.63, 3.8) is 0 Å². The molecule has 2 aromatic carbocycles. The van der Waals surface area contributed by atoms with E-state index >= 15 is 0 Å². The second kappa shape index (κ2) is 8.59. The largest absolute Gasteiger partial charge is 0.338 e. The first-order chi connectivity index (χ1) is 15.6. The van der Waals surface area contributed by atoms with Crippen LogP contribution in [-0.4, -0.2) is 53.3 Å². The Morgan fingerprint density at radius 1 is 0.875 bits per heavy atom. The van der Waals surface area contributed by atoms with Gasteiger partial charge in [0.25, 0.3) is 11.8 Å². The first-order valence-corrected chi connectivity index (χ1v) is 11.6. The number of nitrogens with zero attached hydrogens (tertiary/aromatic N) is 3. The Labute approximate surface area is 190 Å². The third-order valence-corrected chi connectivity index (χ3v) is 7.06. The summed E-state index contributed by atoms with van der Waals surface area (Å²) in [6.07, 6.45) is 1.33. The minimum atomic E-state index is -0.268. The molecule has 0 spiro atoms. The van der Waals surface area contributed by atoms with Crippen molar-refractivity contribution in [1.29, 1.82) is 0 Å². The smallest absolute Gasteiger partial charge is 0.332 e. The van der Waals surface area contributed by atoms with Gasteiger partial charge in [0, 0.05) is 29.6 Å². The fraction of sp³-hybridized carbons (Fsp3) is 0.240. The number of carbonyl (C=O) groups is 3. The molecule has 0 N–H and O–H groups in total. The molecule has 32 heavy (non-hydrogen) atoms. The number of amides is 4. The summed E-state index contributed by atoms with van der Waals surface area (Å²) in [5.41, 5.74) is 2.38. The highest BCUT2D eigenvalue weighted by Crippen LogP contribution is 2.28. The fourth-order valence-electron chi connectivity index (χ4n) is 4.42. The average Bonchev–Trinajstić information content (AvgIpc) is 3.48. The number of hydrogen-bond donors (Lipinski definition) is 0. The number of benzene rings is 2. The van der Waals surface area contributed by atoms with Crippen LogP contribution in [0.25, 0.3) is 10.4 Å². The van der Waals surface area contributed by atoms with Crippen molar-refractivity contribution < 1.29 is 14.4 Å². The Bertz CT molecular complexity index is 1120. The minimum Gasteiger partial charge on any atom is -0.338 e. The first-order valence-electron chi connectivity index (χ1n) is 10.7. The summed E-state index contributed by atoms with van der Waals surface area (Å²) in [6, 6.07) is 20.5. The molecule has 4 amide bonds. The molecule has 0 aliphatic carbocycles. The third-order valence-electron chi connectivity index (χ3n) is 6.14. The summed E-state index contributed by atoms with van der Waals surface area (Å²) in [4.78, 5) is 44.3. The molecule has 5 rings (SSSR count). The van der Waals surface area contributed by atoms with Crippen molar-refractivity contribution in [3.8, 4) is 10.4 Å². The average molecular weight is 446 g/mol. The predicted octanol–water partition coefficient (Wildman–Crippen LogP) is 4.49. The third kappa shape index (κ3) is 3.80. The molecule has 0 radical (unpaired) electrons. The van der Waals surface area contributed by atoms with Gasteiger partial charge < -0.3 is 9.80 Å². The highest BCUT2D eigenvalue weighted by molar-refractivity contribution is 7.13. The van der Waals surface area contributed by atoms with Gasteiger partial charge in [-0.15, -0.1) is 11.3 Å². The standard InChI is InChI=1S/C25H23N3O3S/c29-23-17-27(25(31)28(23)21-5-2-1-3-6-21)20-12-14-26(15-13-20)24(30)19-10-8-18(9-11-19)22-7-4-16-32-22/h1-11,16,20H,12-15,17H2. The van der Waals surface area contributed by atoms with E-state index in [0.717, 1.165) is 5.56 Å². The quantitative estimate of drug-likeness (QED) is 0.556. The Balaban J connectivity index is 1.21. The van der Waals surface area contributed by atoms with Crippen LogP contribution in [-0.2, 0) is 4.79 Å². The first kappa shape index (κ1) is 20.5. The van der Waals surface area contributed by atoms with Crippen LogP contribution >= 0.6 is 11.3 Å². The van der Waals surface area contributed by atoms with E-state index in [-0.39, 0.29) is 30.4 Å². The lowest BCUT2D eigenvalue weighted by molar-refractivity contribution is -0.116. The molecule has 2 fully saturated rings. The molecule has 0 unspecified atom stereocenters. The maximum atomic E-state index is 13.0. The number of carbonyl (C=O) groups excluding carboxylic acids is 3. The molecular weight excluding hydrogens is 422 g/mol. The highest BCUT2D eigenvalue weighted by atomic mass is 32.1. The number of imide groups is 1. The summed E-state index contributed by atoms with van der Waals surface area (Å²) in [6.45, 7) is 1.23. The zero-order chi connectivity index (χ0) is 22.1. The number of hydrogen-bond acceptors (Lipinski definition) is 4. The molecule has 0 saturated carbocycles. The Morgan fingerprint density at radius 3 is 2.25 bits per heavy atom. The lowest BCUT2D eigenvalue weighted by Crippen LogP contribution is -2.48. The van der Waals surface area contributed by atoms with E-state index in [1.54, 1.807) is 28.4 Å². The molecule has 2 aliphatic heterocycles. The van der Waals surface area contributed by atoms with Crippen LogP contribution in [0.2, 0.25) is 0 Å². The highest BCUT2D eigenvalue weighted by Gasteiger charge is 2.41. The SMILES string of the molecule is O=C(c1ccc(-c2cccs2)cc1)N1CCC(N2CC(=O)N(c3ccccc3)C2=O)CC1. The number of thiophene rings is 1. The van der Waals surface area contributed by atoms with Gasteiger partial charge in [-0.2, -0.15) is 0 Å². The molecule has 1 aromatic heterocycles. The Morgan fingerprint density at radius 2 is 1.59 bits per heavy atom. The number of urea groups is 1. The Hall–Kier alpha value is -3.45. The number of anilines is 1. The van der Waals surface area contributed by atoms with E-state index in [0.29, 0.717) is 37.2 Å². The Kier molecular flexibility index (Phi) is 5.49. The van der Waals surface area contributed by atoms with E-state index in [1.807, 2.05) is 58.8 Å². The second-order valence-corrected chi connectivity index (χ2v) is 9.00. The van der Waals surface area contributed by atoms with Gasteiger partial charge in [-0.1, -0.05) is 36.4 Å². The van der Waals surface area contributed by atoms with E-state index in [1.165, 1.54) is 9.78 Å². The van der Waals surface area contributed by atoms with Gasteiger partial charge in [0.05, 0.1) is 5.69 Å². The molecule has 6 nitrogen and oxygen atoms in total. The molecule has 3 aromatic rings. The van der Waals surface area contributed by atoms with Crippen LogP contribution < -0.4 is 4.90 Å². The predicted molar refractivity (Wildman–Crippen MR) is 125 cm³/mol. The normalized spacial score (nSPS) is 17.3. The lowest BCUT2D eigenvalue weighted by Gasteiger charge is -2.36. The van der Waals surface area contributed by atoms with Crippen molar-refractivity contribution in [2.75, 3.05) is 24.5 Å². The maximum absolute atomic E-state index is 13.0. The van der Waals surface area contributed by atoms with E-state index < -0.39 is 0 Å². The van der Waals surface area contributed by atoms with Crippen molar-refractivity contribution >= 4 is 34.9 Å². The van der Waals surface area contributed by atoms with Crippen molar-refractivity contribution in [2.24, 2.45) is 0 Å². The minimum absolute atomic E-state index is 0.0101.